The quantitative estimate of drug-likeness (QED) is 0.800. The summed E-state index contributed by atoms with van der Waals surface area (Å²) in [7, 11) is 4.20. The molecule has 1 unspecified atom stereocenters. The Balaban J connectivity index is 2.13. The number of hydrogen-bond donors (Lipinski definition) is 0. The molecule has 1 atom stereocenters. The monoisotopic (exact) mass is 234 g/mol. The summed E-state index contributed by atoms with van der Waals surface area (Å²) < 4.78 is 2.30. The fraction of sp³-hybridized carbons (Fsp3) is 0.643. The minimum atomic E-state index is 0.324. The van der Waals surface area contributed by atoms with Gasteiger partial charge in [-0.2, -0.15) is 0 Å². The number of hydrogen-bond acceptors (Lipinski definition) is 2. The Morgan fingerprint density at radius 1 is 1.41 bits per heavy atom. The molecule has 0 saturated carbocycles. The van der Waals surface area contributed by atoms with Crippen molar-refractivity contribution in [2.24, 2.45) is 0 Å². The molecule has 17 heavy (non-hydrogen) atoms. The SMILES string of the molecule is CC(CCN(C)C)n1ccc2c1CCCC2=O. The van der Waals surface area contributed by atoms with Crippen LogP contribution in [0, 0.1) is 0 Å². The van der Waals surface area contributed by atoms with E-state index < -0.39 is 0 Å². The molecule has 1 aromatic heterocycles. The van der Waals surface area contributed by atoms with Crippen LogP contribution in [0.4, 0.5) is 0 Å². The third kappa shape index (κ3) is 2.60. The second kappa shape index (κ2) is 5.05. The molecule has 0 bridgehead atoms. The molecule has 1 aliphatic rings. The average Bonchev–Trinajstić information content (AvgIpc) is 2.71. The average molecular weight is 234 g/mol. The van der Waals surface area contributed by atoms with E-state index in [0.29, 0.717) is 11.8 Å². The molecule has 0 fully saturated rings. The van der Waals surface area contributed by atoms with E-state index in [1.165, 1.54) is 5.69 Å². The molecule has 0 saturated heterocycles. The van der Waals surface area contributed by atoms with E-state index in [2.05, 4.69) is 36.7 Å². The summed E-state index contributed by atoms with van der Waals surface area (Å²) in [5, 5.41) is 0. The first-order valence-electron chi connectivity index (χ1n) is 6.47. The number of nitrogens with zero attached hydrogens (tertiary/aromatic N) is 2. The minimum absolute atomic E-state index is 0.324. The summed E-state index contributed by atoms with van der Waals surface area (Å²) in [5.41, 5.74) is 2.22. The standard InChI is InChI=1S/C14H22N2O/c1-11(7-9-15(2)3)16-10-8-12-13(16)5-4-6-14(12)17/h8,10-11H,4-7,9H2,1-3H3. The van der Waals surface area contributed by atoms with Crippen LogP contribution < -0.4 is 0 Å². The maximum atomic E-state index is 11.8. The van der Waals surface area contributed by atoms with E-state index >= 15 is 0 Å². The van der Waals surface area contributed by atoms with Crippen LogP contribution in [-0.2, 0) is 6.42 Å². The minimum Gasteiger partial charge on any atom is -0.348 e. The van der Waals surface area contributed by atoms with E-state index in [1.807, 2.05) is 6.07 Å². The highest BCUT2D eigenvalue weighted by Gasteiger charge is 2.22. The summed E-state index contributed by atoms with van der Waals surface area (Å²) in [6.07, 6.45) is 6.01. The van der Waals surface area contributed by atoms with Gasteiger partial charge < -0.3 is 9.47 Å². The third-order valence-electron chi connectivity index (χ3n) is 3.61. The van der Waals surface area contributed by atoms with Gasteiger partial charge in [0.25, 0.3) is 0 Å². The number of ketones is 1. The van der Waals surface area contributed by atoms with Gasteiger partial charge in [0.1, 0.15) is 0 Å². The molecular formula is C14H22N2O. The number of fused-ring (bicyclic) bond motifs is 1. The molecule has 0 N–H and O–H groups in total. The van der Waals surface area contributed by atoms with Gasteiger partial charge in [0.05, 0.1) is 0 Å². The fourth-order valence-corrected chi connectivity index (χ4v) is 2.55. The molecule has 1 aromatic rings. The van der Waals surface area contributed by atoms with Gasteiger partial charge in [-0.3, -0.25) is 4.79 Å². The van der Waals surface area contributed by atoms with Crippen LogP contribution in [0.2, 0.25) is 0 Å². The molecule has 0 radical (unpaired) electrons. The third-order valence-corrected chi connectivity index (χ3v) is 3.61. The molecule has 0 spiro atoms. The zero-order valence-electron chi connectivity index (χ0n) is 11.1. The van der Waals surface area contributed by atoms with Crippen molar-refractivity contribution in [3.05, 3.63) is 23.5 Å². The fourth-order valence-electron chi connectivity index (χ4n) is 2.55. The highest BCUT2D eigenvalue weighted by atomic mass is 16.1. The lowest BCUT2D eigenvalue weighted by Gasteiger charge is -2.21. The Morgan fingerprint density at radius 2 is 2.18 bits per heavy atom. The van der Waals surface area contributed by atoms with Gasteiger partial charge in [0, 0.05) is 29.9 Å². The van der Waals surface area contributed by atoms with Gasteiger partial charge >= 0.3 is 0 Å². The van der Waals surface area contributed by atoms with E-state index in [0.717, 1.165) is 37.8 Å². The first-order chi connectivity index (χ1) is 8.09. The molecule has 3 heteroatoms. The lowest BCUT2D eigenvalue weighted by Crippen LogP contribution is -2.19. The molecule has 0 aromatic carbocycles. The first-order valence-corrected chi connectivity index (χ1v) is 6.47. The van der Waals surface area contributed by atoms with Crippen LogP contribution in [0.5, 0.6) is 0 Å². The summed E-state index contributed by atoms with van der Waals surface area (Å²) in [6, 6.07) is 2.48. The Labute approximate surface area is 103 Å². The largest absolute Gasteiger partial charge is 0.348 e. The van der Waals surface area contributed by atoms with Crippen LogP contribution in [0.15, 0.2) is 12.3 Å². The molecule has 0 aliphatic heterocycles. The number of carbonyl (C=O) groups is 1. The summed E-state index contributed by atoms with van der Waals surface area (Å²) >= 11 is 0. The first kappa shape index (κ1) is 12.4. The molecule has 1 aliphatic carbocycles. The van der Waals surface area contributed by atoms with Gasteiger partial charge in [-0.25, -0.2) is 0 Å². The van der Waals surface area contributed by atoms with Crippen molar-refractivity contribution in [3.8, 4) is 0 Å². The van der Waals surface area contributed by atoms with E-state index in [9.17, 15) is 4.79 Å². The highest BCUT2D eigenvalue weighted by molar-refractivity contribution is 5.98. The van der Waals surface area contributed by atoms with E-state index in [1.54, 1.807) is 0 Å². The maximum absolute atomic E-state index is 11.8. The normalized spacial score (nSPS) is 17.3. The van der Waals surface area contributed by atoms with E-state index in [-0.39, 0.29) is 0 Å². The zero-order valence-corrected chi connectivity index (χ0v) is 11.1. The van der Waals surface area contributed by atoms with Gasteiger partial charge in [0.2, 0.25) is 0 Å². The Hall–Kier alpha value is -1.09. The van der Waals surface area contributed by atoms with Crippen molar-refractivity contribution in [1.82, 2.24) is 9.47 Å². The van der Waals surface area contributed by atoms with Crippen molar-refractivity contribution in [2.45, 2.75) is 38.6 Å². The van der Waals surface area contributed by atoms with Crippen molar-refractivity contribution in [1.29, 1.82) is 0 Å². The molecule has 2 rings (SSSR count). The Kier molecular flexibility index (Phi) is 3.67. The van der Waals surface area contributed by atoms with Crippen LogP contribution >= 0.6 is 0 Å². The van der Waals surface area contributed by atoms with Crippen LogP contribution in [0.25, 0.3) is 0 Å². The summed E-state index contributed by atoms with van der Waals surface area (Å²) in [5.74, 6) is 0.324. The van der Waals surface area contributed by atoms with Gasteiger partial charge in [-0.1, -0.05) is 0 Å². The predicted molar refractivity (Wildman–Crippen MR) is 69.6 cm³/mol. The topological polar surface area (TPSA) is 25.2 Å². The molecular weight excluding hydrogens is 212 g/mol. The van der Waals surface area contributed by atoms with Crippen LogP contribution in [0.1, 0.15) is 48.3 Å². The highest BCUT2D eigenvalue weighted by Crippen LogP contribution is 2.26. The molecule has 1 heterocycles. The lowest BCUT2D eigenvalue weighted by atomic mass is 9.96. The second-order valence-electron chi connectivity index (χ2n) is 5.30. The Bertz CT molecular complexity index is 406. The smallest absolute Gasteiger partial charge is 0.164 e. The summed E-state index contributed by atoms with van der Waals surface area (Å²) in [6.45, 7) is 3.32. The van der Waals surface area contributed by atoms with Gasteiger partial charge in [-0.05, 0) is 52.9 Å². The second-order valence-corrected chi connectivity index (χ2v) is 5.30. The molecule has 3 nitrogen and oxygen atoms in total. The van der Waals surface area contributed by atoms with Crippen molar-refractivity contribution >= 4 is 5.78 Å². The van der Waals surface area contributed by atoms with Crippen LogP contribution in [0.3, 0.4) is 0 Å². The predicted octanol–water partition coefficient (Wildman–Crippen LogP) is 2.52. The molecule has 0 amide bonds. The van der Waals surface area contributed by atoms with Gasteiger partial charge in [0.15, 0.2) is 5.78 Å². The van der Waals surface area contributed by atoms with Crippen molar-refractivity contribution in [2.75, 3.05) is 20.6 Å². The maximum Gasteiger partial charge on any atom is 0.164 e. The number of Topliss-reactive ketones (excluding diaryl/α,β-unsaturated/α-hetero) is 1. The number of rotatable bonds is 4. The van der Waals surface area contributed by atoms with Gasteiger partial charge in [-0.15, -0.1) is 0 Å². The van der Waals surface area contributed by atoms with Crippen LogP contribution in [-0.4, -0.2) is 35.9 Å². The molecule has 94 valence electrons. The lowest BCUT2D eigenvalue weighted by molar-refractivity contribution is 0.0971. The van der Waals surface area contributed by atoms with Crippen molar-refractivity contribution < 1.29 is 4.79 Å². The number of aromatic nitrogens is 1. The number of carbonyl (C=O) groups excluding carboxylic acids is 1. The van der Waals surface area contributed by atoms with Crippen molar-refractivity contribution in [3.63, 3.8) is 0 Å². The zero-order chi connectivity index (χ0) is 12.4. The Morgan fingerprint density at radius 3 is 2.88 bits per heavy atom. The summed E-state index contributed by atoms with van der Waals surface area (Å²) in [4.78, 5) is 14.0. The van der Waals surface area contributed by atoms with E-state index in [4.69, 9.17) is 0 Å².